The van der Waals surface area contributed by atoms with Crippen molar-refractivity contribution in [3.63, 3.8) is 0 Å². The van der Waals surface area contributed by atoms with E-state index < -0.39 is 0 Å². The molecule has 0 aliphatic carbocycles. The van der Waals surface area contributed by atoms with Gasteiger partial charge in [-0.05, 0) is 19.1 Å². The molecular weight excluding hydrogens is 242 g/mol. The Hall–Kier alpha value is -1.99. The standard InChI is InChI=1S/C15H17NO3/c1-12-3-4-15(18-2)13(11-12)14(17)5-6-16-7-9-19-10-8-16/h3-4,11H,7-10H2,1-2H3. The molecule has 4 heteroatoms. The Balaban J connectivity index is 2.15. The lowest BCUT2D eigenvalue weighted by molar-refractivity contribution is 0.0637. The van der Waals surface area contributed by atoms with Crippen LogP contribution in [0.2, 0.25) is 0 Å². The average molecular weight is 259 g/mol. The number of ether oxygens (including phenoxy) is 2. The summed E-state index contributed by atoms with van der Waals surface area (Å²) >= 11 is 0. The Labute approximate surface area is 113 Å². The number of methoxy groups -OCH3 is 1. The maximum atomic E-state index is 12.1. The molecule has 2 rings (SSSR count). The summed E-state index contributed by atoms with van der Waals surface area (Å²) in [5.74, 6) is 3.02. The van der Waals surface area contributed by atoms with Gasteiger partial charge in [-0.15, -0.1) is 0 Å². The smallest absolute Gasteiger partial charge is 0.241 e. The van der Waals surface area contributed by atoms with Crippen LogP contribution >= 0.6 is 0 Å². The minimum atomic E-state index is -0.216. The number of carbonyl (C=O) groups excluding carboxylic acids is 1. The lowest BCUT2D eigenvalue weighted by atomic mass is 10.1. The number of morpholine rings is 1. The van der Waals surface area contributed by atoms with Gasteiger partial charge < -0.3 is 14.4 Å². The molecule has 1 aromatic rings. The third kappa shape index (κ3) is 3.49. The second kappa shape index (κ2) is 6.26. The highest BCUT2D eigenvalue weighted by molar-refractivity contribution is 6.10. The molecule has 0 N–H and O–H groups in total. The van der Waals surface area contributed by atoms with E-state index >= 15 is 0 Å². The quantitative estimate of drug-likeness (QED) is 0.595. The monoisotopic (exact) mass is 259 g/mol. The summed E-state index contributed by atoms with van der Waals surface area (Å²) in [5.41, 5.74) is 1.53. The van der Waals surface area contributed by atoms with Gasteiger partial charge in [0.15, 0.2) is 0 Å². The Kier molecular flexibility index (Phi) is 4.43. The fraction of sp³-hybridized carbons (Fsp3) is 0.400. The van der Waals surface area contributed by atoms with Gasteiger partial charge >= 0.3 is 0 Å². The van der Waals surface area contributed by atoms with Crippen LogP contribution in [0.4, 0.5) is 0 Å². The second-order valence-electron chi connectivity index (χ2n) is 4.37. The van der Waals surface area contributed by atoms with Crippen LogP contribution in [-0.2, 0) is 4.74 Å². The first-order valence-corrected chi connectivity index (χ1v) is 6.24. The summed E-state index contributed by atoms with van der Waals surface area (Å²) in [6.07, 6.45) is 0. The number of carbonyl (C=O) groups is 1. The van der Waals surface area contributed by atoms with Gasteiger partial charge in [0.25, 0.3) is 0 Å². The molecule has 1 aliphatic rings. The molecule has 100 valence electrons. The van der Waals surface area contributed by atoms with Crippen LogP contribution < -0.4 is 4.74 Å². The van der Waals surface area contributed by atoms with E-state index in [4.69, 9.17) is 9.47 Å². The van der Waals surface area contributed by atoms with Crippen LogP contribution in [0.3, 0.4) is 0 Å². The van der Waals surface area contributed by atoms with Gasteiger partial charge in [0.05, 0.1) is 25.9 Å². The fourth-order valence-electron chi connectivity index (χ4n) is 1.87. The number of Topliss-reactive ketones (excluding diaryl/α,β-unsaturated/α-hetero) is 1. The minimum absolute atomic E-state index is 0.216. The van der Waals surface area contributed by atoms with E-state index in [2.05, 4.69) is 12.0 Å². The third-order valence-corrected chi connectivity index (χ3v) is 2.94. The Morgan fingerprint density at radius 2 is 2.11 bits per heavy atom. The Morgan fingerprint density at radius 1 is 1.37 bits per heavy atom. The summed E-state index contributed by atoms with van der Waals surface area (Å²) in [7, 11) is 1.55. The van der Waals surface area contributed by atoms with Crippen molar-refractivity contribution in [1.82, 2.24) is 4.90 Å². The zero-order valence-corrected chi connectivity index (χ0v) is 11.2. The number of rotatable bonds is 2. The van der Waals surface area contributed by atoms with Gasteiger partial charge in [-0.25, -0.2) is 0 Å². The number of nitrogens with zero attached hydrogens (tertiary/aromatic N) is 1. The maximum absolute atomic E-state index is 12.1. The first-order chi connectivity index (χ1) is 9.20. The van der Waals surface area contributed by atoms with Gasteiger partial charge in [0, 0.05) is 25.1 Å². The molecule has 0 atom stereocenters. The summed E-state index contributed by atoms with van der Waals surface area (Å²) in [4.78, 5) is 14.0. The molecule has 0 aromatic heterocycles. The summed E-state index contributed by atoms with van der Waals surface area (Å²) in [5, 5.41) is 0. The Bertz CT molecular complexity index is 522. The predicted molar refractivity (Wildman–Crippen MR) is 72.2 cm³/mol. The fourth-order valence-corrected chi connectivity index (χ4v) is 1.87. The summed E-state index contributed by atoms with van der Waals surface area (Å²) in [6.45, 7) is 4.75. The Morgan fingerprint density at radius 3 is 2.79 bits per heavy atom. The van der Waals surface area contributed by atoms with Crippen molar-refractivity contribution < 1.29 is 14.3 Å². The van der Waals surface area contributed by atoms with Crippen molar-refractivity contribution in [3.05, 3.63) is 29.3 Å². The van der Waals surface area contributed by atoms with Gasteiger partial charge in [-0.1, -0.05) is 11.6 Å². The van der Waals surface area contributed by atoms with E-state index in [0.717, 1.165) is 18.7 Å². The predicted octanol–water partition coefficient (Wildman–Crippen LogP) is 1.48. The molecule has 4 nitrogen and oxygen atoms in total. The highest BCUT2D eigenvalue weighted by Gasteiger charge is 2.11. The van der Waals surface area contributed by atoms with Gasteiger partial charge in [0.2, 0.25) is 5.78 Å². The van der Waals surface area contributed by atoms with E-state index in [1.807, 2.05) is 17.9 Å². The summed E-state index contributed by atoms with van der Waals surface area (Å²) < 4.78 is 10.4. The minimum Gasteiger partial charge on any atom is -0.496 e. The van der Waals surface area contributed by atoms with Gasteiger partial charge in [0.1, 0.15) is 5.75 Å². The molecule has 0 bridgehead atoms. The third-order valence-electron chi connectivity index (χ3n) is 2.94. The van der Waals surface area contributed by atoms with Crippen molar-refractivity contribution in [2.45, 2.75) is 6.92 Å². The molecule has 0 saturated carbocycles. The molecule has 0 amide bonds. The number of hydrogen-bond acceptors (Lipinski definition) is 4. The molecule has 1 heterocycles. The largest absolute Gasteiger partial charge is 0.496 e. The number of hydrogen-bond donors (Lipinski definition) is 0. The molecule has 0 spiro atoms. The first kappa shape index (κ1) is 13.4. The SMILES string of the molecule is COc1ccc(C)cc1C(=O)C#CN1CCOCC1. The zero-order chi connectivity index (χ0) is 13.7. The molecule has 0 unspecified atom stereocenters. The van der Waals surface area contributed by atoms with E-state index in [1.54, 1.807) is 19.2 Å². The van der Waals surface area contributed by atoms with Crippen molar-refractivity contribution in [2.75, 3.05) is 33.4 Å². The lowest BCUT2D eigenvalue weighted by Crippen LogP contribution is -2.32. The van der Waals surface area contributed by atoms with Crippen LogP contribution in [-0.4, -0.2) is 44.1 Å². The number of benzene rings is 1. The topological polar surface area (TPSA) is 38.8 Å². The van der Waals surface area contributed by atoms with Crippen molar-refractivity contribution in [2.24, 2.45) is 0 Å². The van der Waals surface area contributed by atoms with Crippen LogP contribution in [0.25, 0.3) is 0 Å². The molecule has 0 radical (unpaired) electrons. The van der Waals surface area contributed by atoms with Gasteiger partial charge in [-0.3, -0.25) is 4.79 Å². The molecular formula is C15H17NO3. The number of aryl methyl sites for hydroxylation is 1. The average Bonchev–Trinajstić information content (AvgIpc) is 2.46. The van der Waals surface area contributed by atoms with E-state index in [-0.39, 0.29) is 5.78 Å². The normalized spacial score (nSPS) is 14.5. The second-order valence-corrected chi connectivity index (χ2v) is 4.37. The molecule has 1 saturated heterocycles. The van der Waals surface area contributed by atoms with E-state index in [0.29, 0.717) is 24.5 Å². The van der Waals surface area contributed by atoms with Crippen LogP contribution in [0, 0.1) is 18.9 Å². The maximum Gasteiger partial charge on any atom is 0.241 e. The molecule has 1 fully saturated rings. The van der Waals surface area contributed by atoms with Crippen LogP contribution in [0.1, 0.15) is 15.9 Å². The lowest BCUT2D eigenvalue weighted by Gasteiger charge is -2.22. The highest BCUT2D eigenvalue weighted by atomic mass is 16.5. The van der Waals surface area contributed by atoms with Crippen molar-refractivity contribution in [1.29, 1.82) is 0 Å². The first-order valence-electron chi connectivity index (χ1n) is 6.24. The van der Waals surface area contributed by atoms with E-state index in [1.165, 1.54) is 0 Å². The molecule has 19 heavy (non-hydrogen) atoms. The van der Waals surface area contributed by atoms with Gasteiger partial charge in [-0.2, -0.15) is 0 Å². The molecule has 1 aliphatic heterocycles. The van der Waals surface area contributed by atoms with Crippen LogP contribution in [0.5, 0.6) is 5.75 Å². The van der Waals surface area contributed by atoms with Crippen LogP contribution in [0.15, 0.2) is 18.2 Å². The number of ketones is 1. The van der Waals surface area contributed by atoms with Crippen molar-refractivity contribution in [3.8, 4) is 17.7 Å². The van der Waals surface area contributed by atoms with Crippen molar-refractivity contribution >= 4 is 5.78 Å². The highest BCUT2D eigenvalue weighted by Crippen LogP contribution is 2.19. The van der Waals surface area contributed by atoms with E-state index in [9.17, 15) is 4.79 Å². The summed E-state index contributed by atoms with van der Waals surface area (Å²) in [6, 6.07) is 8.39. The molecule has 1 aromatic carbocycles. The zero-order valence-electron chi connectivity index (χ0n) is 11.2.